The van der Waals surface area contributed by atoms with Crippen molar-refractivity contribution >= 4 is 23.2 Å². The molecular formula is C16H15ClN2O. The molecule has 0 aromatic heterocycles. The number of nitrogens with two attached hydrogens (primary N) is 1. The molecule has 3 N–H and O–H groups in total. The van der Waals surface area contributed by atoms with E-state index in [0.717, 1.165) is 16.8 Å². The summed E-state index contributed by atoms with van der Waals surface area (Å²) in [4.78, 5) is 12.0. The Kier molecular flexibility index (Phi) is 3.14. The van der Waals surface area contributed by atoms with E-state index in [0.29, 0.717) is 17.9 Å². The summed E-state index contributed by atoms with van der Waals surface area (Å²) in [6, 6.07) is 15.4. The third-order valence-corrected chi connectivity index (χ3v) is 4.15. The number of rotatable bonds is 3. The Labute approximate surface area is 122 Å². The summed E-state index contributed by atoms with van der Waals surface area (Å²) in [6.07, 6.45) is 1.17. The number of primary amides is 1. The van der Waals surface area contributed by atoms with Gasteiger partial charge in [0, 0.05) is 12.8 Å². The van der Waals surface area contributed by atoms with Gasteiger partial charge in [-0.25, -0.2) is 0 Å². The van der Waals surface area contributed by atoms with Gasteiger partial charge in [0.05, 0.1) is 10.7 Å². The van der Waals surface area contributed by atoms with Crippen LogP contribution in [0.25, 0.3) is 0 Å². The predicted octanol–water partition coefficient (Wildman–Crippen LogP) is 2.77. The summed E-state index contributed by atoms with van der Waals surface area (Å²) in [7, 11) is 0. The number of hydrogen-bond acceptors (Lipinski definition) is 2. The number of amides is 1. The molecule has 20 heavy (non-hydrogen) atoms. The molecule has 2 aromatic carbocycles. The van der Waals surface area contributed by atoms with Crippen molar-refractivity contribution in [1.82, 2.24) is 0 Å². The lowest BCUT2D eigenvalue weighted by atomic mass is 9.94. The van der Waals surface area contributed by atoms with Gasteiger partial charge in [0.25, 0.3) is 0 Å². The maximum atomic E-state index is 12.0. The van der Waals surface area contributed by atoms with E-state index < -0.39 is 5.54 Å². The summed E-state index contributed by atoms with van der Waals surface area (Å²) in [5.41, 5.74) is 7.92. The van der Waals surface area contributed by atoms with E-state index in [1.807, 2.05) is 42.5 Å². The summed E-state index contributed by atoms with van der Waals surface area (Å²) in [5.74, 6) is -0.353. The highest BCUT2D eigenvalue weighted by Crippen LogP contribution is 2.34. The van der Waals surface area contributed by atoms with E-state index in [-0.39, 0.29) is 5.91 Å². The molecule has 3 rings (SSSR count). The number of fused-ring (bicyclic) bond motifs is 1. The molecule has 0 fully saturated rings. The van der Waals surface area contributed by atoms with Crippen LogP contribution in [0.3, 0.4) is 0 Å². The van der Waals surface area contributed by atoms with Crippen molar-refractivity contribution in [2.45, 2.75) is 18.4 Å². The Morgan fingerprint density at radius 2 is 1.60 bits per heavy atom. The lowest BCUT2D eigenvalue weighted by molar-refractivity contribution is -0.122. The Balaban J connectivity index is 1.96. The first-order valence-electron chi connectivity index (χ1n) is 6.50. The lowest BCUT2D eigenvalue weighted by Gasteiger charge is -2.28. The van der Waals surface area contributed by atoms with Crippen LogP contribution in [-0.4, -0.2) is 11.4 Å². The van der Waals surface area contributed by atoms with Crippen LogP contribution in [0.15, 0.2) is 48.5 Å². The van der Waals surface area contributed by atoms with Crippen molar-refractivity contribution in [3.8, 4) is 0 Å². The van der Waals surface area contributed by atoms with Gasteiger partial charge in [-0.2, -0.15) is 0 Å². The van der Waals surface area contributed by atoms with Gasteiger partial charge in [0.1, 0.15) is 5.54 Å². The van der Waals surface area contributed by atoms with Crippen molar-refractivity contribution in [2.75, 3.05) is 5.32 Å². The molecule has 0 saturated heterocycles. The second-order valence-electron chi connectivity index (χ2n) is 5.17. The number of halogens is 1. The maximum absolute atomic E-state index is 12.0. The van der Waals surface area contributed by atoms with E-state index in [1.54, 1.807) is 6.07 Å². The van der Waals surface area contributed by atoms with Crippen molar-refractivity contribution in [3.05, 3.63) is 64.7 Å². The normalized spacial score (nSPS) is 15.7. The molecule has 0 bridgehead atoms. The third kappa shape index (κ3) is 2.14. The number of anilines is 1. The fourth-order valence-corrected chi connectivity index (χ4v) is 2.94. The molecule has 0 unspecified atom stereocenters. The second kappa shape index (κ2) is 4.84. The SMILES string of the molecule is NC(=O)C1(Nc2ccccc2Cl)Cc2ccccc2C1. The largest absolute Gasteiger partial charge is 0.369 e. The van der Waals surface area contributed by atoms with Crippen molar-refractivity contribution < 1.29 is 4.79 Å². The summed E-state index contributed by atoms with van der Waals surface area (Å²) in [6.45, 7) is 0. The molecule has 1 aliphatic rings. The number of nitrogens with one attached hydrogen (secondary N) is 1. The van der Waals surface area contributed by atoms with Crippen LogP contribution in [0.1, 0.15) is 11.1 Å². The molecule has 1 aliphatic carbocycles. The van der Waals surface area contributed by atoms with Crippen molar-refractivity contribution in [3.63, 3.8) is 0 Å². The average molecular weight is 287 g/mol. The number of para-hydroxylation sites is 1. The molecular weight excluding hydrogens is 272 g/mol. The minimum Gasteiger partial charge on any atom is -0.369 e. The Hall–Kier alpha value is -2.00. The van der Waals surface area contributed by atoms with E-state index in [1.165, 1.54) is 0 Å². The first-order chi connectivity index (χ1) is 9.61. The van der Waals surface area contributed by atoms with Gasteiger partial charge in [-0.15, -0.1) is 0 Å². The second-order valence-corrected chi connectivity index (χ2v) is 5.58. The highest BCUT2D eigenvalue weighted by atomic mass is 35.5. The zero-order valence-corrected chi connectivity index (χ0v) is 11.7. The maximum Gasteiger partial charge on any atom is 0.243 e. The number of carbonyl (C=O) groups excluding carboxylic acids is 1. The molecule has 2 aromatic rings. The topological polar surface area (TPSA) is 55.1 Å². The van der Waals surface area contributed by atoms with E-state index >= 15 is 0 Å². The third-order valence-electron chi connectivity index (χ3n) is 3.82. The zero-order chi connectivity index (χ0) is 14.2. The van der Waals surface area contributed by atoms with Gasteiger partial charge < -0.3 is 11.1 Å². The highest BCUT2D eigenvalue weighted by molar-refractivity contribution is 6.33. The smallest absolute Gasteiger partial charge is 0.243 e. The molecule has 0 heterocycles. The number of benzene rings is 2. The van der Waals surface area contributed by atoms with Crippen LogP contribution in [0, 0.1) is 0 Å². The van der Waals surface area contributed by atoms with Crippen molar-refractivity contribution in [2.24, 2.45) is 5.73 Å². The highest BCUT2D eigenvalue weighted by Gasteiger charge is 2.42. The number of carbonyl (C=O) groups is 1. The Morgan fingerprint density at radius 1 is 1.05 bits per heavy atom. The molecule has 0 saturated carbocycles. The van der Waals surface area contributed by atoms with Crippen LogP contribution in [0.2, 0.25) is 5.02 Å². The van der Waals surface area contributed by atoms with Gasteiger partial charge in [-0.05, 0) is 23.3 Å². The van der Waals surface area contributed by atoms with Crippen LogP contribution >= 0.6 is 11.6 Å². The van der Waals surface area contributed by atoms with Gasteiger partial charge in [-0.3, -0.25) is 4.79 Å². The molecule has 0 atom stereocenters. The standard InChI is InChI=1S/C16H15ClN2O/c17-13-7-3-4-8-14(13)19-16(15(18)20)9-11-5-1-2-6-12(11)10-16/h1-8,19H,9-10H2,(H2,18,20). The zero-order valence-electron chi connectivity index (χ0n) is 10.9. The van der Waals surface area contributed by atoms with Crippen LogP contribution < -0.4 is 11.1 Å². The first kappa shape index (κ1) is 13.0. The summed E-state index contributed by atoms with van der Waals surface area (Å²) < 4.78 is 0. The molecule has 4 heteroatoms. The minimum absolute atomic E-state index is 0.353. The quantitative estimate of drug-likeness (QED) is 0.911. The summed E-state index contributed by atoms with van der Waals surface area (Å²) >= 11 is 6.17. The molecule has 3 nitrogen and oxygen atoms in total. The van der Waals surface area contributed by atoms with Gasteiger partial charge >= 0.3 is 0 Å². The van der Waals surface area contributed by atoms with Gasteiger partial charge in [0.2, 0.25) is 5.91 Å². The van der Waals surface area contributed by atoms with E-state index in [2.05, 4.69) is 5.32 Å². The minimum atomic E-state index is -0.797. The van der Waals surface area contributed by atoms with Gasteiger partial charge in [0.15, 0.2) is 0 Å². The fourth-order valence-electron chi connectivity index (χ4n) is 2.76. The van der Waals surface area contributed by atoms with Crippen LogP contribution in [0.5, 0.6) is 0 Å². The molecule has 0 radical (unpaired) electrons. The van der Waals surface area contributed by atoms with E-state index in [4.69, 9.17) is 17.3 Å². The predicted molar refractivity (Wildman–Crippen MR) is 80.9 cm³/mol. The molecule has 1 amide bonds. The van der Waals surface area contributed by atoms with Gasteiger partial charge in [-0.1, -0.05) is 48.0 Å². The summed E-state index contributed by atoms with van der Waals surface area (Å²) in [5, 5.41) is 3.85. The Morgan fingerprint density at radius 3 is 2.15 bits per heavy atom. The molecule has 0 aliphatic heterocycles. The monoisotopic (exact) mass is 286 g/mol. The number of hydrogen-bond donors (Lipinski definition) is 2. The fraction of sp³-hybridized carbons (Fsp3) is 0.188. The Bertz CT molecular complexity index is 644. The van der Waals surface area contributed by atoms with Crippen LogP contribution in [-0.2, 0) is 17.6 Å². The molecule has 102 valence electrons. The van der Waals surface area contributed by atoms with E-state index in [9.17, 15) is 4.79 Å². The van der Waals surface area contributed by atoms with Crippen molar-refractivity contribution in [1.29, 1.82) is 0 Å². The average Bonchev–Trinajstić information content (AvgIpc) is 2.81. The van der Waals surface area contributed by atoms with Crippen LogP contribution in [0.4, 0.5) is 5.69 Å². The lowest BCUT2D eigenvalue weighted by Crippen LogP contribution is -2.51. The molecule has 0 spiro atoms. The first-order valence-corrected chi connectivity index (χ1v) is 6.88.